The molecule has 0 saturated carbocycles. The summed E-state index contributed by atoms with van der Waals surface area (Å²) in [5.74, 6) is 1.05. The molecule has 2 heterocycles. The molecular weight excluding hydrogens is 350 g/mol. The summed E-state index contributed by atoms with van der Waals surface area (Å²) >= 11 is 1.41. The summed E-state index contributed by atoms with van der Waals surface area (Å²) in [6.45, 7) is 1.91. The van der Waals surface area contributed by atoms with E-state index in [0.717, 1.165) is 16.1 Å². The van der Waals surface area contributed by atoms with Crippen LogP contribution < -0.4 is 14.8 Å². The van der Waals surface area contributed by atoms with Crippen LogP contribution in [0.25, 0.3) is 10.6 Å². The number of hydrogen-bond acceptors (Lipinski definition) is 6. The summed E-state index contributed by atoms with van der Waals surface area (Å²) in [6.07, 6.45) is 3.44. The highest BCUT2D eigenvalue weighted by Crippen LogP contribution is 2.33. The van der Waals surface area contributed by atoms with E-state index in [1.807, 2.05) is 37.3 Å². The van der Waals surface area contributed by atoms with Crippen LogP contribution in [-0.2, 0) is 0 Å². The van der Waals surface area contributed by atoms with Gasteiger partial charge in [-0.2, -0.15) is 0 Å². The second-order valence-corrected chi connectivity index (χ2v) is 6.45. The zero-order chi connectivity index (χ0) is 18.5. The monoisotopic (exact) mass is 369 g/mol. The Labute approximate surface area is 155 Å². The lowest BCUT2D eigenvalue weighted by Crippen LogP contribution is -2.26. The predicted molar refractivity (Wildman–Crippen MR) is 101 cm³/mol. The molecule has 1 atom stereocenters. The average molecular weight is 369 g/mol. The van der Waals surface area contributed by atoms with Gasteiger partial charge in [-0.3, -0.25) is 9.78 Å². The SMILES string of the molecule is COc1ccc(-c2nc(C(=O)NC(C)c3cccnc3)cs2)cc1OC. The minimum Gasteiger partial charge on any atom is -0.493 e. The maximum atomic E-state index is 12.5. The lowest BCUT2D eigenvalue weighted by Gasteiger charge is -2.12. The van der Waals surface area contributed by atoms with Crippen molar-refractivity contribution >= 4 is 17.2 Å². The Kier molecular flexibility index (Phi) is 5.48. The average Bonchev–Trinajstić information content (AvgIpc) is 3.18. The van der Waals surface area contributed by atoms with E-state index >= 15 is 0 Å². The molecule has 0 fully saturated rings. The first-order valence-corrected chi connectivity index (χ1v) is 8.89. The van der Waals surface area contributed by atoms with Crippen molar-refractivity contribution in [2.24, 2.45) is 0 Å². The Bertz CT molecular complexity index is 896. The number of ether oxygens (including phenoxy) is 2. The molecule has 26 heavy (non-hydrogen) atoms. The van der Waals surface area contributed by atoms with E-state index in [4.69, 9.17) is 9.47 Å². The van der Waals surface area contributed by atoms with E-state index < -0.39 is 0 Å². The Morgan fingerprint density at radius 1 is 1.19 bits per heavy atom. The molecule has 3 aromatic rings. The third kappa shape index (κ3) is 3.83. The summed E-state index contributed by atoms with van der Waals surface area (Å²) in [7, 11) is 3.18. The number of rotatable bonds is 6. The molecule has 6 nitrogen and oxygen atoms in total. The van der Waals surface area contributed by atoms with E-state index in [1.54, 1.807) is 32.0 Å². The molecule has 0 aliphatic carbocycles. The molecule has 1 N–H and O–H groups in total. The van der Waals surface area contributed by atoms with Crippen LogP contribution in [0.5, 0.6) is 11.5 Å². The van der Waals surface area contributed by atoms with Crippen molar-refractivity contribution in [1.82, 2.24) is 15.3 Å². The van der Waals surface area contributed by atoms with Gasteiger partial charge in [0.2, 0.25) is 0 Å². The van der Waals surface area contributed by atoms with Crippen LogP contribution in [0, 0.1) is 0 Å². The highest BCUT2D eigenvalue weighted by atomic mass is 32.1. The second-order valence-electron chi connectivity index (χ2n) is 5.59. The Morgan fingerprint density at radius 3 is 2.69 bits per heavy atom. The molecule has 1 amide bonds. The molecule has 2 aromatic heterocycles. The number of nitrogens with one attached hydrogen (secondary N) is 1. The van der Waals surface area contributed by atoms with Crippen molar-refractivity contribution in [2.45, 2.75) is 13.0 Å². The van der Waals surface area contributed by atoms with Crippen molar-refractivity contribution in [1.29, 1.82) is 0 Å². The van der Waals surface area contributed by atoms with Crippen LogP contribution >= 0.6 is 11.3 Å². The van der Waals surface area contributed by atoms with Gasteiger partial charge >= 0.3 is 0 Å². The number of methoxy groups -OCH3 is 2. The highest BCUT2D eigenvalue weighted by Gasteiger charge is 2.16. The van der Waals surface area contributed by atoms with Gasteiger partial charge in [0.15, 0.2) is 11.5 Å². The minimum absolute atomic E-state index is 0.151. The third-order valence-corrected chi connectivity index (χ3v) is 4.79. The fourth-order valence-electron chi connectivity index (χ4n) is 2.47. The van der Waals surface area contributed by atoms with Gasteiger partial charge in [-0.05, 0) is 36.8 Å². The molecule has 0 radical (unpaired) electrons. The van der Waals surface area contributed by atoms with Crippen LogP contribution in [-0.4, -0.2) is 30.1 Å². The van der Waals surface area contributed by atoms with Gasteiger partial charge in [0, 0.05) is 23.3 Å². The number of aromatic nitrogens is 2. The largest absolute Gasteiger partial charge is 0.493 e. The number of carbonyl (C=O) groups excluding carboxylic acids is 1. The summed E-state index contributed by atoms with van der Waals surface area (Å²) < 4.78 is 10.6. The van der Waals surface area contributed by atoms with E-state index in [-0.39, 0.29) is 11.9 Å². The summed E-state index contributed by atoms with van der Waals surface area (Å²) in [5, 5.41) is 5.43. The van der Waals surface area contributed by atoms with Crippen molar-refractivity contribution in [3.05, 3.63) is 59.4 Å². The van der Waals surface area contributed by atoms with Gasteiger partial charge in [0.05, 0.1) is 20.3 Å². The van der Waals surface area contributed by atoms with Gasteiger partial charge < -0.3 is 14.8 Å². The van der Waals surface area contributed by atoms with Crippen molar-refractivity contribution < 1.29 is 14.3 Å². The number of carbonyl (C=O) groups is 1. The van der Waals surface area contributed by atoms with E-state index in [1.165, 1.54) is 11.3 Å². The molecule has 7 heteroatoms. The van der Waals surface area contributed by atoms with Crippen molar-refractivity contribution in [2.75, 3.05) is 14.2 Å². The fraction of sp³-hybridized carbons (Fsp3) is 0.211. The number of amides is 1. The van der Waals surface area contributed by atoms with Crippen LogP contribution in [0.2, 0.25) is 0 Å². The molecule has 0 bridgehead atoms. The quantitative estimate of drug-likeness (QED) is 0.717. The van der Waals surface area contributed by atoms with Crippen molar-refractivity contribution in [3.63, 3.8) is 0 Å². The van der Waals surface area contributed by atoms with Gasteiger partial charge in [-0.1, -0.05) is 6.07 Å². The van der Waals surface area contributed by atoms with Crippen LogP contribution in [0.3, 0.4) is 0 Å². The Hall–Kier alpha value is -2.93. The Balaban J connectivity index is 1.76. The van der Waals surface area contributed by atoms with Gasteiger partial charge in [-0.15, -0.1) is 11.3 Å². The maximum absolute atomic E-state index is 12.5. The summed E-state index contributed by atoms with van der Waals surface area (Å²) in [6, 6.07) is 9.17. The maximum Gasteiger partial charge on any atom is 0.271 e. The van der Waals surface area contributed by atoms with Gasteiger partial charge in [0.1, 0.15) is 10.7 Å². The zero-order valence-corrected chi connectivity index (χ0v) is 15.5. The van der Waals surface area contributed by atoms with E-state index in [9.17, 15) is 4.79 Å². The first-order valence-electron chi connectivity index (χ1n) is 8.01. The number of hydrogen-bond donors (Lipinski definition) is 1. The molecule has 1 aromatic carbocycles. The minimum atomic E-state index is -0.218. The normalized spacial score (nSPS) is 11.7. The first-order chi connectivity index (χ1) is 12.6. The number of nitrogens with zero attached hydrogens (tertiary/aromatic N) is 2. The third-order valence-electron chi connectivity index (χ3n) is 3.90. The molecule has 0 aliphatic heterocycles. The van der Waals surface area contributed by atoms with Crippen LogP contribution in [0.15, 0.2) is 48.1 Å². The summed E-state index contributed by atoms with van der Waals surface area (Å²) in [5.41, 5.74) is 2.19. The number of thiazole rings is 1. The lowest BCUT2D eigenvalue weighted by molar-refractivity contribution is 0.0935. The highest BCUT2D eigenvalue weighted by molar-refractivity contribution is 7.13. The molecule has 0 aliphatic rings. The van der Waals surface area contributed by atoms with Crippen molar-refractivity contribution in [3.8, 4) is 22.1 Å². The van der Waals surface area contributed by atoms with Gasteiger partial charge in [0.25, 0.3) is 5.91 Å². The zero-order valence-electron chi connectivity index (χ0n) is 14.7. The first kappa shape index (κ1) is 17.9. The van der Waals surface area contributed by atoms with Gasteiger partial charge in [-0.25, -0.2) is 4.98 Å². The smallest absolute Gasteiger partial charge is 0.271 e. The lowest BCUT2D eigenvalue weighted by atomic mass is 10.1. The molecule has 0 saturated heterocycles. The molecule has 3 rings (SSSR count). The number of pyridine rings is 1. The predicted octanol–water partition coefficient (Wildman–Crippen LogP) is 3.71. The Morgan fingerprint density at radius 2 is 2.00 bits per heavy atom. The second kappa shape index (κ2) is 7.97. The number of benzene rings is 1. The van der Waals surface area contributed by atoms with Crippen LogP contribution in [0.1, 0.15) is 29.0 Å². The molecule has 0 spiro atoms. The van der Waals surface area contributed by atoms with E-state index in [0.29, 0.717) is 17.2 Å². The fourth-order valence-corrected chi connectivity index (χ4v) is 3.26. The molecule has 134 valence electrons. The standard InChI is InChI=1S/C19H19N3O3S/c1-12(14-5-4-8-20-10-14)21-18(23)15-11-26-19(22-15)13-6-7-16(24-2)17(9-13)25-3/h4-12H,1-3H3,(H,21,23). The van der Waals surface area contributed by atoms with E-state index in [2.05, 4.69) is 15.3 Å². The summed E-state index contributed by atoms with van der Waals surface area (Å²) in [4.78, 5) is 21.0. The topological polar surface area (TPSA) is 73.3 Å². The van der Waals surface area contributed by atoms with Crippen LogP contribution in [0.4, 0.5) is 0 Å². The molecular formula is C19H19N3O3S. The molecule has 1 unspecified atom stereocenters.